The van der Waals surface area contributed by atoms with Crippen molar-refractivity contribution in [2.75, 3.05) is 39.4 Å². The molecule has 2 aliphatic heterocycles. The van der Waals surface area contributed by atoms with Crippen LogP contribution in [0.15, 0.2) is 90.5 Å². The third-order valence-electron chi connectivity index (χ3n) is 11.9. The quantitative estimate of drug-likeness (QED) is 0.242. The molecule has 2 heterocycles. The van der Waals surface area contributed by atoms with Crippen molar-refractivity contribution < 1.29 is 19.1 Å². The summed E-state index contributed by atoms with van der Waals surface area (Å²) in [5, 5.41) is 0. The summed E-state index contributed by atoms with van der Waals surface area (Å²) in [6.45, 7) is 3.94. The van der Waals surface area contributed by atoms with Gasteiger partial charge in [-0.05, 0) is 94.9 Å². The average molecular weight is 657 g/mol. The highest BCUT2D eigenvalue weighted by Gasteiger charge is 2.34. The van der Waals surface area contributed by atoms with Gasteiger partial charge in [-0.1, -0.05) is 104 Å². The van der Waals surface area contributed by atoms with Crippen LogP contribution in [0.3, 0.4) is 0 Å². The molecule has 49 heavy (non-hydrogen) atoms. The van der Waals surface area contributed by atoms with E-state index in [0.29, 0.717) is 25.0 Å². The third-order valence-corrected chi connectivity index (χ3v) is 11.9. The molecule has 2 saturated heterocycles. The van der Waals surface area contributed by atoms with Crippen LogP contribution in [-0.4, -0.2) is 61.4 Å². The van der Waals surface area contributed by atoms with Gasteiger partial charge in [0, 0.05) is 38.0 Å². The second-order valence-electron chi connectivity index (χ2n) is 14.7. The van der Waals surface area contributed by atoms with E-state index >= 15 is 0 Å². The van der Waals surface area contributed by atoms with E-state index in [4.69, 9.17) is 9.47 Å². The molecule has 3 aromatic rings. The zero-order valence-electron chi connectivity index (χ0n) is 28.5. The Balaban J connectivity index is 0.727. The molecule has 0 N–H and O–H groups in total. The summed E-state index contributed by atoms with van der Waals surface area (Å²) >= 11 is 0. The van der Waals surface area contributed by atoms with Crippen LogP contribution >= 0.6 is 0 Å². The van der Waals surface area contributed by atoms with Crippen LogP contribution in [0.25, 0.3) is 16.7 Å². The minimum absolute atomic E-state index is 0.0989. The van der Waals surface area contributed by atoms with Crippen molar-refractivity contribution >= 4 is 17.8 Å². The molecule has 6 heteroatoms. The Labute approximate surface area is 290 Å². The van der Waals surface area contributed by atoms with Gasteiger partial charge in [-0.3, -0.25) is 0 Å². The highest BCUT2D eigenvalue weighted by atomic mass is 16.6. The zero-order valence-corrected chi connectivity index (χ0v) is 28.5. The SMILES string of the molecule is O=C(OCC1C2=CCCC=C2c2ccccc21)N1CCC(CCCC2CCN(C(=O)OCC3c4ccccc4-c4ccccc43)CC2)CC1. The number of hydrogen-bond donors (Lipinski definition) is 0. The lowest BCUT2D eigenvalue weighted by Gasteiger charge is -2.33. The number of carbonyl (C=O) groups is 2. The molecule has 0 spiro atoms. The number of nitrogens with zero attached hydrogens (tertiary/aromatic N) is 2. The van der Waals surface area contributed by atoms with E-state index in [0.717, 1.165) is 64.7 Å². The zero-order chi connectivity index (χ0) is 33.2. The number of ether oxygens (including phenoxy) is 2. The van der Waals surface area contributed by atoms with Gasteiger partial charge in [0.1, 0.15) is 13.2 Å². The number of amides is 2. The molecule has 1 atom stereocenters. The number of hydrogen-bond acceptors (Lipinski definition) is 4. The molecule has 254 valence electrons. The van der Waals surface area contributed by atoms with Crippen molar-refractivity contribution in [2.45, 2.75) is 69.6 Å². The summed E-state index contributed by atoms with van der Waals surface area (Å²) in [4.78, 5) is 30.0. The minimum Gasteiger partial charge on any atom is -0.448 e. The fourth-order valence-corrected chi connectivity index (χ4v) is 9.12. The Hall–Kier alpha value is -4.32. The molecule has 1 unspecified atom stereocenters. The summed E-state index contributed by atoms with van der Waals surface area (Å²) in [6.07, 6.45) is 14.4. The lowest BCUT2D eigenvalue weighted by molar-refractivity contribution is 0.0824. The van der Waals surface area contributed by atoms with Crippen molar-refractivity contribution in [1.29, 1.82) is 0 Å². The first-order valence-electron chi connectivity index (χ1n) is 18.7. The molecule has 5 aliphatic rings. The molecule has 3 aromatic carbocycles. The first-order valence-corrected chi connectivity index (χ1v) is 18.7. The van der Waals surface area contributed by atoms with E-state index in [9.17, 15) is 9.59 Å². The molecule has 3 aliphatic carbocycles. The molecule has 0 aromatic heterocycles. The summed E-state index contributed by atoms with van der Waals surface area (Å²) in [6, 6.07) is 25.5. The molecule has 6 nitrogen and oxygen atoms in total. The van der Waals surface area contributed by atoms with Crippen LogP contribution in [0.4, 0.5) is 9.59 Å². The third kappa shape index (κ3) is 6.54. The maximum atomic E-state index is 13.1. The molecule has 8 rings (SSSR count). The lowest BCUT2D eigenvalue weighted by atomic mass is 9.87. The smallest absolute Gasteiger partial charge is 0.409 e. The van der Waals surface area contributed by atoms with Gasteiger partial charge in [0.15, 0.2) is 0 Å². The van der Waals surface area contributed by atoms with Crippen LogP contribution in [0.1, 0.15) is 91.9 Å². The second kappa shape index (κ2) is 14.3. The van der Waals surface area contributed by atoms with E-state index < -0.39 is 0 Å². The van der Waals surface area contributed by atoms with Gasteiger partial charge in [-0.15, -0.1) is 0 Å². The van der Waals surface area contributed by atoms with Crippen molar-refractivity contribution in [3.63, 3.8) is 0 Å². The Morgan fingerprint density at radius 1 is 0.571 bits per heavy atom. The lowest BCUT2D eigenvalue weighted by Crippen LogP contribution is -2.39. The first kappa shape index (κ1) is 31.9. The van der Waals surface area contributed by atoms with Crippen LogP contribution in [-0.2, 0) is 9.47 Å². The maximum Gasteiger partial charge on any atom is 0.409 e. The van der Waals surface area contributed by atoms with Gasteiger partial charge in [-0.2, -0.15) is 0 Å². The number of piperidine rings is 2. The van der Waals surface area contributed by atoms with E-state index in [1.54, 1.807) is 0 Å². The van der Waals surface area contributed by atoms with Crippen LogP contribution in [0.2, 0.25) is 0 Å². The summed E-state index contributed by atoms with van der Waals surface area (Å²) < 4.78 is 11.9. The molecule has 0 radical (unpaired) electrons. The Kier molecular flexibility index (Phi) is 9.29. The van der Waals surface area contributed by atoms with Gasteiger partial charge in [-0.25, -0.2) is 9.59 Å². The molecular weight excluding hydrogens is 608 g/mol. The summed E-state index contributed by atoms with van der Waals surface area (Å²) in [7, 11) is 0. The van der Waals surface area contributed by atoms with Gasteiger partial charge in [0.2, 0.25) is 0 Å². The molecule has 0 saturated carbocycles. The Morgan fingerprint density at radius 3 is 1.57 bits per heavy atom. The van der Waals surface area contributed by atoms with Gasteiger partial charge in [0.25, 0.3) is 0 Å². The first-order chi connectivity index (χ1) is 24.1. The molecular formula is C43H48N2O4. The second-order valence-corrected chi connectivity index (χ2v) is 14.7. The standard InChI is InChI=1S/C43H48N2O4/c46-42(48-28-40-36-16-5-1-12-32(36)33-13-2-6-17-37(33)40)44-24-20-30(21-25-44)10-9-11-31-22-26-45(27-23-31)43(47)49-29-41-38-18-7-3-14-34(38)35-15-4-8-19-39(35)41/h1-3,5-7,12-19,30-31,40-41H,4,8-11,20-29H2. The minimum atomic E-state index is -0.175. The fourth-order valence-electron chi connectivity index (χ4n) is 9.12. The monoisotopic (exact) mass is 656 g/mol. The highest BCUT2D eigenvalue weighted by Crippen LogP contribution is 2.48. The van der Waals surface area contributed by atoms with Crippen molar-refractivity contribution in [2.24, 2.45) is 11.8 Å². The highest BCUT2D eigenvalue weighted by molar-refractivity contribution is 5.88. The van der Waals surface area contributed by atoms with Crippen LogP contribution < -0.4 is 0 Å². The molecule has 2 fully saturated rings. The van der Waals surface area contributed by atoms with E-state index in [1.807, 2.05) is 9.80 Å². The van der Waals surface area contributed by atoms with Gasteiger partial charge >= 0.3 is 12.2 Å². The topological polar surface area (TPSA) is 59.1 Å². The molecule has 2 amide bonds. The van der Waals surface area contributed by atoms with Crippen molar-refractivity contribution in [3.8, 4) is 11.1 Å². The summed E-state index contributed by atoms with van der Waals surface area (Å²) in [5.41, 5.74) is 10.3. The maximum absolute atomic E-state index is 13.1. The predicted octanol–water partition coefficient (Wildman–Crippen LogP) is 9.57. The Morgan fingerprint density at radius 2 is 1.02 bits per heavy atom. The number of benzene rings is 3. The fraction of sp³-hybridized carbons (Fsp3) is 0.442. The number of carbonyl (C=O) groups excluding carboxylic acids is 2. The largest absolute Gasteiger partial charge is 0.448 e. The summed E-state index contributed by atoms with van der Waals surface area (Å²) in [5.74, 6) is 1.59. The van der Waals surface area contributed by atoms with Gasteiger partial charge in [0.05, 0.1) is 0 Å². The number of likely N-dealkylation sites (tertiary alicyclic amines) is 2. The number of allylic oxidation sites excluding steroid dienone is 3. The van der Waals surface area contributed by atoms with E-state index in [1.165, 1.54) is 63.8 Å². The van der Waals surface area contributed by atoms with E-state index in [2.05, 4.69) is 84.9 Å². The number of rotatable bonds is 8. The predicted molar refractivity (Wildman–Crippen MR) is 193 cm³/mol. The van der Waals surface area contributed by atoms with E-state index in [-0.39, 0.29) is 24.0 Å². The van der Waals surface area contributed by atoms with Crippen molar-refractivity contribution in [1.82, 2.24) is 9.80 Å². The number of fused-ring (bicyclic) bond motifs is 6. The van der Waals surface area contributed by atoms with Crippen LogP contribution in [0.5, 0.6) is 0 Å². The average Bonchev–Trinajstić information content (AvgIpc) is 3.66. The molecule has 0 bridgehead atoms. The van der Waals surface area contributed by atoms with Crippen LogP contribution in [0, 0.1) is 11.8 Å². The normalized spacial score (nSPS) is 20.5. The Bertz CT molecular complexity index is 1700. The van der Waals surface area contributed by atoms with Crippen molar-refractivity contribution in [3.05, 3.63) is 113 Å². The van der Waals surface area contributed by atoms with Gasteiger partial charge < -0.3 is 19.3 Å².